The van der Waals surface area contributed by atoms with E-state index in [1.54, 1.807) is 17.3 Å². The van der Waals surface area contributed by atoms with E-state index >= 15 is 0 Å². The molecule has 0 unspecified atom stereocenters. The number of carbonyl (C=O) groups excluding carboxylic acids is 1. The number of carbonyl (C=O) groups is 1. The molecule has 3 rings (SSSR count). The Morgan fingerprint density at radius 1 is 1.31 bits per heavy atom. The highest BCUT2D eigenvalue weighted by molar-refractivity contribution is 7.88. The first-order valence-corrected chi connectivity index (χ1v) is 10.2. The van der Waals surface area contributed by atoms with Crippen molar-refractivity contribution in [2.24, 2.45) is 5.92 Å². The minimum atomic E-state index is -3.23. The largest absolute Gasteiger partial charge is 0.331 e. The highest BCUT2D eigenvalue weighted by Gasteiger charge is 2.27. The molecular formula is C16H22N6O3S. The number of sulfonamides is 1. The first kappa shape index (κ1) is 18.5. The van der Waals surface area contributed by atoms with Crippen molar-refractivity contribution in [2.45, 2.75) is 26.4 Å². The van der Waals surface area contributed by atoms with Crippen LogP contribution >= 0.6 is 0 Å². The fourth-order valence-corrected chi connectivity index (χ4v) is 3.47. The lowest BCUT2D eigenvalue weighted by molar-refractivity contribution is 0.0712. The van der Waals surface area contributed by atoms with E-state index in [0.29, 0.717) is 38.3 Å². The van der Waals surface area contributed by atoms with E-state index in [4.69, 9.17) is 0 Å². The van der Waals surface area contributed by atoms with E-state index < -0.39 is 10.0 Å². The van der Waals surface area contributed by atoms with E-state index in [1.807, 2.05) is 17.7 Å². The van der Waals surface area contributed by atoms with E-state index in [0.717, 1.165) is 17.6 Å². The molecule has 0 saturated carbocycles. The molecule has 0 fully saturated rings. The molecule has 10 heteroatoms. The van der Waals surface area contributed by atoms with Crippen LogP contribution in [0.5, 0.6) is 0 Å². The Balaban J connectivity index is 1.76. The number of fused-ring (bicyclic) bond motifs is 1. The SMILES string of the molecule is Cc1cnc(C(=O)N2Cc3ccnn3C[C@H](CCNS(C)(=O)=O)C2)cn1. The van der Waals surface area contributed by atoms with Crippen LogP contribution < -0.4 is 4.72 Å². The van der Waals surface area contributed by atoms with Gasteiger partial charge in [-0.15, -0.1) is 0 Å². The summed E-state index contributed by atoms with van der Waals surface area (Å²) in [5.41, 5.74) is 1.99. The van der Waals surface area contributed by atoms with Crippen LogP contribution in [0.2, 0.25) is 0 Å². The Bertz CT molecular complexity index is 878. The average molecular weight is 378 g/mol. The van der Waals surface area contributed by atoms with Gasteiger partial charge < -0.3 is 4.90 Å². The molecule has 0 aliphatic carbocycles. The highest BCUT2D eigenvalue weighted by atomic mass is 32.2. The van der Waals surface area contributed by atoms with Gasteiger partial charge in [0, 0.05) is 32.0 Å². The quantitative estimate of drug-likeness (QED) is 0.795. The van der Waals surface area contributed by atoms with Crippen molar-refractivity contribution in [1.82, 2.24) is 29.4 Å². The summed E-state index contributed by atoms with van der Waals surface area (Å²) < 4.78 is 26.9. The number of nitrogens with zero attached hydrogens (tertiary/aromatic N) is 5. The van der Waals surface area contributed by atoms with Crippen molar-refractivity contribution in [3.8, 4) is 0 Å². The zero-order valence-electron chi connectivity index (χ0n) is 14.8. The van der Waals surface area contributed by atoms with Crippen LogP contribution in [-0.4, -0.2) is 58.3 Å². The molecule has 140 valence electrons. The number of hydrogen-bond acceptors (Lipinski definition) is 6. The predicted octanol–water partition coefficient (Wildman–Crippen LogP) is 0.193. The van der Waals surface area contributed by atoms with Gasteiger partial charge in [-0.1, -0.05) is 0 Å². The van der Waals surface area contributed by atoms with Gasteiger partial charge in [-0.25, -0.2) is 18.1 Å². The molecule has 0 radical (unpaired) electrons. The summed E-state index contributed by atoms with van der Waals surface area (Å²) in [4.78, 5) is 22.9. The molecule has 0 bridgehead atoms. The minimum absolute atomic E-state index is 0.0766. The third-order valence-electron chi connectivity index (χ3n) is 4.27. The van der Waals surface area contributed by atoms with Crippen LogP contribution in [0.1, 0.15) is 28.3 Å². The highest BCUT2D eigenvalue weighted by Crippen LogP contribution is 2.19. The van der Waals surface area contributed by atoms with Gasteiger partial charge in [0.15, 0.2) is 0 Å². The molecule has 1 atom stereocenters. The van der Waals surface area contributed by atoms with Crippen LogP contribution in [0.4, 0.5) is 0 Å². The monoisotopic (exact) mass is 378 g/mol. The minimum Gasteiger partial charge on any atom is -0.331 e. The zero-order valence-corrected chi connectivity index (χ0v) is 15.6. The second-order valence-corrected chi connectivity index (χ2v) is 8.39. The Morgan fingerprint density at radius 2 is 2.12 bits per heavy atom. The normalized spacial score (nSPS) is 17.6. The molecule has 1 aliphatic rings. The Labute approximate surface area is 152 Å². The summed E-state index contributed by atoms with van der Waals surface area (Å²) in [5, 5.41) is 4.31. The Kier molecular flexibility index (Phi) is 5.33. The van der Waals surface area contributed by atoms with Gasteiger partial charge in [0.05, 0.1) is 30.4 Å². The summed E-state index contributed by atoms with van der Waals surface area (Å²) in [6.07, 6.45) is 6.51. The number of aryl methyl sites for hydroxylation is 1. The maximum absolute atomic E-state index is 12.9. The summed E-state index contributed by atoms with van der Waals surface area (Å²) in [6, 6.07) is 1.89. The average Bonchev–Trinajstić information content (AvgIpc) is 2.92. The van der Waals surface area contributed by atoms with E-state index in [2.05, 4.69) is 19.8 Å². The molecule has 2 aromatic heterocycles. The predicted molar refractivity (Wildman–Crippen MR) is 94.7 cm³/mol. The van der Waals surface area contributed by atoms with Gasteiger partial charge in [-0.3, -0.25) is 14.5 Å². The molecule has 0 aromatic carbocycles. The fraction of sp³-hybridized carbons (Fsp3) is 0.500. The number of rotatable bonds is 5. The molecule has 0 spiro atoms. The third kappa shape index (κ3) is 4.64. The zero-order chi connectivity index (χ0) is 18.7. The van der Waals surface area contributed by atoms with Gasteiger partial charge in [0.1, 0.15) is 5.69 Å². The van der Waals surface area contributed by atoms with Crippen LogP contribution in [0, 0.1) is 12.8 Å². The standard InChI is InChI=1S/C16H22N6O3S/c1-12-7-18-15(8-17-12)16(23)21-9-13(3-6-20-26(2,24)25)10-22-14(11-21)4-5-19-22/h4-5,7-8,13,20H,3,6,9-11H2,1-2H3/t13-/m1/s1. The third-order valence-corrected chi connectivity index (χ3v) is 5.00. The maximum atomic E-state index is 12.9. The lowest BCUT2D eigenvalue weighted by atomic mass is 10.1. The molecule has 1 N–H and O–H groups in total. The van der Waals surface area contributed by atoms with Crippen molar-refractivity contribution in [3.63, 3.8) is 0 Å². The lowest BCUT2D eigenvalue weighted by Gasteiger charge is -2.23. The second kappa shape index (κ2) is 7.50. The van der Waals surface area contributed by atoms with Crippen LogP contribution in [-0.2, 0) is 23.1 Å². The van der Waals surface area contributed by atoms with E-state index in [-0.39, 0.29) is 11.8 Å². The van der Waals surface area contributed by atoms with Gasteiger partial charge in [-0.05, 0) is 25.3 Å². The van der Waals surface area contributed by atoms with Crippen molar-refractivity contribution in [3.05, 3.63) is 41.7 Å². The number of aromatic nitrogens is 4. The van der Waals surface area contributed by atoms with Crippen molar-refractivity contribution in [1.29, 1.82) is 0 Å². The maximum Gasteiger partial charge on any atom is 0.274 e. The fourth-order valence-electron chi connectivity index (χ4n) is 2.98. The second-order valence-electron chi connectivity index (χ2n) is 6.55. The van der Waals surface area contributed by atoms with Crippen molar-refractivity contribution in [2.75, 3.05) is 19.3 Å². The topological polar surface area (TPSA) is 110 Å². The molecule has 9 nitrogen and oxygen atoms in total. The molecule has 26 heavy (non-hydrogen) atoms. The van der Waals surface area contributed by atoms with Gasteiger partial charge >= 0.3 is 0 Å². The molecule has 1 amide bonds. The summed E-state index contributed by atoms with van der Waals surface area (Å²) in [7, 11) is -3.23. The van der Waals surface area contributed by atoms with Gasteiger partial charge in [0.2, 0.25) is 10.0 Å². The molecule has 1 aliphatic heterocycles. The first-order chi connectivity index (χ1) is 12.3. The first-order valence-electron chi connectivity index (χ1n) is 8.35. The van der Waals surface area contributed by atoms with Gasteiger partial charge in [0.25, 0.3) is 5.91 Å². The van der Waals surface area contributed by atoms with Crippen LogP contribution in [0.15, 0.2) is 24.7 Å². The van der Waals surface area contributed by atoms with Crippen LogP contribution in [0.3, 0.4) is 0 Å². The van der Waals surface area contributed by atoms with Crippen LogP contribution in [0.25, 0.3) is 0 Å². The summed E-state index contributed by atoms with van der Waals surface area (Å²) in [5.74, 6) is -0.110. The lowest BCUT2D eigenvalue weighted by Crippen LogP contribution is -2.35. The Morgan fingerprint density at radius 3 is 2.81 bits per heavy atom. The molecule has 0 saturated heterocycles. The number of amides is 1. The number of hydrogen-bond donors (Lipinski definition) is 1. The summed E-state index contributed by atoms with van der Waals surface area (Å²) in [6.45, 7) is 3.72. The number of nitrogens with one attached hydrogen (secondary N) is 1. The van der Waals surface area contributed by atoms with Gasteiger partial charge in [-0.2, -0.15) is 5.10 Å². The Hall–Kier alpha value is -2.33. The van der Waals surface area contributed by atoms with E-state index in [1.165, 1.54) is 6.20 Å². The van der Waals surface area contributed by atoms with E-state index in [9.17, 15) is 13.2 Å². The van der Waals surface area contributed by atoms with Crippen molar-refractivity contribution >= 4 is 15.9 Å². The molecular weight excluding hydrogens is 356 g/mol. The summed E-state index contributed by atoms with van der Waals surface area (Å²) >= 11 is 0. The smallest absolute Gasteiger partial charge is 0.274 e. The molecule has 2 aromatic rings. The molecule has 3 heterocycles. The van der Waals surface area contributed by atoms with Crippen molar-refractivity contribution < 1.29 is 13.2 Å².